The highest BCUT2D eigenvalue weighted by Gasteiger charge is 2.16. The Labute approximate surface area is 200 Å². The van der Waals surface area contributed by atoms with Gasteiger partial charge in [0.1, 0.15) is 11.6 Å². The lowest BCUT2D eigenvalue weighted by Gasteiger charge is -2.09. The summed E-state index contributed by atoms with van der Waals surface area (Å²) in [5.74, 6) is 1.19. The topological polar surface area (TPSA) is 67.0 Å². The molecule has 0 saturated carbocycles. The van der Waals surface area contributed by atoms with Crippen molar-refractivity contribution in [2.45, 2.75) is 6.54 Å². The van der Waals surface area contributed by atoms with Crippen LogP contribution in [-0.4, -0.2) is 23.0 Å². The zero-order valence-corrected chi connectivity index (χ0v) is 19.2. The van der Waals surface area contributed by atoms with Crippen molar-refractivity contribution >= 4 is 40.7 Å². The Morgan fingerprint density at radius 2 is 1.59 bits per heavy atom. The van der Waals surface area contributed by atoms with E-state index < -0.39 is 0 Å². The molecule has 1 amide bonds. The molecule has 2 N–H and O–H groups in total. The van der Waals surface area contributed by atoms with Gasteiger partial charge in [0.15, 0.2) is 0 Å². The highest BCUT2D eigenvalue weighted by atomic mass is 35.5. The molecule has 32 heavy (non-hydrogen) atoms. The Morgan fingerprint density at radius 3 is 2.22 bits per heavy atom. The van der Waals surface area contributed by atoms with Crippen molar-refractivity contribution in [1.82, 2.24) is 15.3 Å². The minimum atomic E-state index is -0.365. The third-order valence-electron chi connectivity index (χ3n) is 4.89. The number of aromatic nitrogens is 2. The van der Waals surface area contributed by atoms with Gasteiger partial charge in [-0.25, -0.2) is 4.98 Å². The van der Waals surface area contributed by atoms with Gasteiger partial charge in [-0.1, -0.05) is 59.1 Å². The third-order valence-corrected chi connectivity index (χ3v) is 5.71. The molecule has 0 aliphatic rings. The molecule has 162 valence electrons. The van der Waals surface area contributed by atoms with Gasteiger partial charge in [-0.05, 0) is 47.5 Å². The molecule has 4 aromatic rings. The maximum Gasteiger partial charge on any atom is 0.254 e. The molecule has 0 radical (unpaired) electrons. The van der Waals surface area contributed by atoms with E-state index in [1.165, 1.54) is 12.1 Å². The van der Waals surface area contributed by atoms with Crippen molar-refractivity contribution in [2.75, 3.05) is 7.11 Å². The van der Waals surface area contributed by atoms with E-state index in [1.807, 2.05) is 48.5 Å². The number of nitrogens with zero attached hydrogens (tertiary/aromatic N) is 1. The van der Waals surface area contributed by atoms with Gasteiger partial charge in [0.25, 0.3) is 5.91 Å². The van der Waals surface area contributed by atoms with E-state index in [1.54, 1.807) is 13.3 Å². The number of amides is 1. The first-order valence-corrected chi connectivity index (χ1v) is 10.8. The van der Waals surface area contributed by atoms with Crippen LogP contribution in [0.5, 0.6) is 5.75 Å². The Bertz CT molecular complexity index is 1230. The van der Waals surface area contributed by atoms with Gasteiger partial charge < -0.3 is 15.0 Å². The molecular formula is C24H18Cl3N3O2. The number of rotatable bonds is 6. The minimum absolute atomic E-state index is 0.205. The summed E-state index contributed by atoms with van der Waals surface area (Å²) in [6, 6.07) is 18.5. The van der Waals surface area contributed by atoms with Crippen LogP contribution in [0.25, 0.3) is 22.6 Å². The van der Waals surface area contributed by atoms with Gasteiger partial charge in [-0.15, -0.1) is 0 Å². The van der Waals surface area contributed by atoms with Crippen molar-refractivity contribution in [1.29, 1.82) is 0 Å². The van der Waals surface area contributed by atoms with E-state index in [9.17, 15) is 4.79 Å². The average molecular weight is 487 g/mol. The van der Waals surface area contributed by atoms with E-state index in [0.717, 1.165) is 34.0 Å². The van der Waals surface area contributed by atoms with E-state index in [4.69, 9.17) is 39.5 Å². The van der Waals surface area contributed by atoms with Gasteiger partial charge >= 0.3 is 0 Å². The number of carbonyl (C=O) groups is 1. The van der Waals surface area contributed by atoms with Gasteiger partial charge in [0, 0.05) is 17.1 Å². The minimum Gasteiger partial charge on any atom is -0.497 e. The largest absolute Gasteiger partial charge is 0.497 e. The normalized spacial score (nSPS) is 10.8. The van der Waals surface area contributed by atoms with Gasteiger partial charge in [0.05, 0.1) is 34.6 Å². The van der Waals surface area contributed by atoms with Gasteiger partial charge in [-0.3, -0.25) is 4.79 Å². The van der Waals surface area contributed by atoms with Crippen molar-refractivity contribution in [3.05, 3.63) is 93.1 Å². The number of imidazole rings is 1. The van der Waals surface area contributed by atoms with E-state index >= 15 is 0 Å². The van der Waals surface area contributed by atoms with Crippen LogP contribution in [-0.2, 0) is 6.54 Å². The van der Waals surface area contributed by atoms with Gasteiger partial charge in [0.2, 0.25) is 0 Å². The Hall–Kier alpha value is -2.99. The highest BCUT2D eigenvalue weighted by molar-refractivity contribution is 6.42. The molecule has 0 unspecified atom stereocenters. The van der Waals surface area contributed by atoms with Crippen LogP contribution in [0.1, 0.15) is 15.9 Å². The van der Waals surface area contributed by atoms with Crippen molar-refractivity contribution in [2.24, 2.45) is 0 Å². The molecule has 3 aromatic carbocycles. The molecule has 8 heteroatoms. The molecule has 0 spiro atoms. The standard InChI is InChI=1S/C24H18Cl3N3O2/c1-32-18-8-6-15(7-9-18)21-13-28-23(30-21)16-4-2-14(3-5-16)12-29-24(31)22-19(26)10-17(25)11-20(22)27/h2-11,13H,12H2,1H3,(H,28,30)(H,29,31). The predicted octanol–water partition coefficient (Wildman–Crippen LogP) is 6.64. The van der Waals surface area contributed by atoms with E-state index in [2.05, 4.69) is 15.3 Å². The summed E-state index contributed by atoms with van der Waals surface area (Å²) in [7, 11) is 1.64. The number of benzene rings is 3. The number of halogens is 3. The molecule has 0 atom stereocenters. The van der Waals surface area contributed by atoms with Crippen molar-refractivity contribution in [3.8, 4) is 28.4 Å². The number of ether oxygens (including phenoxy) is 1. The maximum atomic E-state index is 12.5. The second-order valence-corrected chi connectivity index (χ2v) is 8.25. The Balaban J connectivity index is 1.42. The molecule has 0 aliphatic heterocycles. The summed E-state index contributed by atoms with van der Waals surface area (Å²) in [5.41, 5.74) is 3.99. The number of hydrogen-bond acceptors (Lipinski definition) is 3. The highest BCUT2D eigenvalue weighted by Crippen LogP contribution is 2.29. The fourth-order valence-corrected chi connectivity index (χ4v) is 4.18. The van der Waals surface area contributed by atoms with E-state index in [0.29, 0.717) is 11.6 Å². The molecule has 0 fully saturated rings. The van der Waals surface area contributed by atoms with E-state index in [-0.39, 0.29) is 21.5 Å². The SMILES string of the molecule is COc1ccc(-c2cnc(-c3ccc(CNC(=O)c4c(Cl)cc(Cl)cc4Cl)cc3)[nH]2)cc1. The molecule has 0 bridgehead atoms. The zero-order chi connectivity index (χ0) is 22.7. The second kappa shape index (κ2) is 9.65. The molecular weight excluding hydrogens is 469 g/mol. The Morgan fingerprint density at radius 1 is 0.969 bits per heavy atom. The molecule has 1 heterocycles. The van der Waals surface area contributed by atoms with Gasteiger partial charge in [-0.2, -0.15) is 0 Å². The van der Waals surface area contributed by atoms with Crippen LogP contribution >= 0.6 is 34.8 Å². The molecule has 0 aliphatic carbocycles. The summed E-state index contributed by atoms with van der Waals surface area (Å²) < 4.78 is 5.20. The fraction of sp³-hybridized carbons (Fsp3) is 0.0833. The summed E-state index contributed by atoms with van der Waals surface area (Å²) in [4.78, 5) is 20.3. The molecule has 0 saturated heterocycles. The van der Waals surface area contributed by atoms with Crippen LogP contribution in [0.2, 0.25) is 15.1 Å². The molecule has 5 nitrogen and oxygen atoms in total. The maximum absolute atomic E-state index is 12.5. The Kier molecular flexibility index (Phi) is 6.70. The molecule has 4 rings (SSSR count). The smallest absolute Gasteiger partial charge is 0.254 e. The number of hydrogen-bond donors (Lipinski definition) is 2. The molecule has 1 aromatic heterocycles. The third kappa shape index (κ3) is 4.91. The first-order valence-electron chi connectivity index (χ1n) is 9.66. The second-order valence-electron chi connectivity index (χ2n) is 7.00. The fourth-order valence-electron chi connectivity index (χ4n) is 3.20. The summed E-state index contributed by atoms with van der Waals surface area (Å²) in [5, 5.41) is 3.62. The average Bonchev–Trinajstić information content (AvgIpc) is 3.28. The van der Waals surface area contributed by atoms with Crippen LogP contribution in [0.4, 0.5) is 0 Å². The summed E-state index contributed by atoms with van der Waals surface area (Å²) in [6.45, 7) is 0.323. The number of methoxy groups -OCH3 is 1. The number of aromatic amines is 1. The monoisotopic (exact) mass is 485 g/mol. The zero-order valence-electron chi connectivity index (χ0n) is 17.0. The lowest BCUT2D eigenvalue weighted by Crippen LogP contribution is -2.23. The number of nitrogens with one attached hydrogen (secondary N) is 2. The number of H-pyrrole nitrogens is 1. The number of carbonyl (C=O) groups excluding carboxylic acids is 1. The predicted molar refractivity (Wildman–Crippen MR) is 129 cm³/mol. The first-order chi connectivity index (χ1) is 15.4. The van der Waals surface area contributed by atoms with Crippen LogP contribution in [0.15, 0.2) is 66.9 Å². The van der Waals surface area contributed by atoms with Crippen LogP contribution < -0.4 is 10.1 Å². The first kappa shape index (κ1) is 22.2. The summed E-state index contributed by atoms with van der Waals surface area (Å²) in [6.07, 6.45) is 1.80. The van der Waals surface area contributed by atoms with Crippen LogP contribution in [0.3, 0.4) is 0 Å². The summed E-state index contributed by atoms with van der Waals surface area (Å²) >= 11 is 18.1. The lowest BCUT2D eigenvalue weighted by molar-refractivity contribution is 0.0951. The quantitative estimate of drug-likeness (QED) is 0.321. The van der Waals surface area contributed by atoms with Crippen LogP contribution in [0, 0.1) is 0 Å². The van der Waals surface area contributed by atoms with Crippen molar-refractivity contribution in [3.63, 3.8) is 0 Å². The lowest BCUT2D eigenvalue weighted by atomic mass is 10.1. The van der Waals surface area contributed by atoms with Crippen molar-refractivity contribution < 1.29 is 9.53 Å².